The van der Waals surface area contributed by atoms with E-state index in [1.165, 1.54) is 37.1 Å². The number of hydrogen-bond acceptors (Lipinski definition) is 5. The normalized spacial score (nSPS) is 28.2. The summed E-state index contributed by atoms with van der Waals surface area (Å²) in [6.45, 7) is 6.48. The summed E-state index contributed by atoms with van der Waals surface area (Å²) < 4.78 is 0. The highest BCUT2D eigenvalue weighted by Crippen LogP contribution is 2.25. The zero-order valence-electron chi connectivity index (χ0n) is 11.8. The van der Waals surface area contributed by atoms with E-state index in [0.717, 1.165) is 25.3 Å². The van der Waals surface area contributed by atoms with Crippen LogP contribution in [0.4, 0.5) is 0 Å². The molecule has 0 bridgehead atoms. The SMILES string of the molecule is CC1CN2CCCCC2CN1Cc1csc(C(=O)O)n1. The standard InChI is InChI=1S/C14H21N3O2S/c1-10-6-16-5-3-2-4-12(16)8-17(10)7-11-9-20-13(15-11)14(18)19/h9-10,12H,2-8H2,1H3,(H,18,19). The number of nitrogens with zero attached hydrogens (tertiary/aromatic N) is 3. The minimum absolute atomic E-state index is 0.198. The first-order chi connectivity index (χ1) is 9.63. The highest BCUT2D eigenvalue weighted by Gasteiger charge is 2.33. The van der Waals surface area contributed by atoms with Crippen molar-refractivity contribution in [3.05, 3.63) is 16.1 Å². The van der Waals surface area contributed by atoms with E-state index in [0.29, 0.717) is 12.1 Å². The second-order valence-electron chi connectivity index (χ2n) is 5.87. The van der Waals surface area contributed by atoms with E-state index >= 15 is 0 Å². The molecule has 5 nitrogen and oxygen atoms in total. The maximum absolute atomic E-state index is 10.9. The molecule has 20 heavy (non-hydrogen) atoms. The third kappa shape index (κ3) is 2.87. The lowest BCUT2D eigenvalue weighted by Crippen LogP contribution is -2.58. The van der Waals surface area contributed by atoms with Gasteiger partial charge in [-0.3, -0.25) is 9.80 Å². The molecular weight excluding hydrogens is 274 g/mol. The summed E-state index contributed by atoms with van der Waals surface area (Å²) >= 11 is 1.22. The van der Waals surface area contributed by atoms with Crippen molar-refractivity contribution in [1.29, 1.82) is 0 Å². The summed E-state index contributed by atoms with van der Waals surface area (Å²) in [5.41, 5.74) is 0.892. The van der Waals surface area contributed by atoms with Crippen molar-refractivity contribution in [3.8, 4) is 0 Å². The quantitative estimate of drug-likeness (QED) is 0.923. The largest absolute Gasteiger partial charge is 0.476 e. The molecule has 6 heteroatoms. The first-order valence-electron chi connectivity index (χ1n) is 7.29. The van der Waals surface area contributed by atoms with E-state index in [4.69, 9.17) is 5.11 Å². The third-order valence-electron chi connectivity index (χ3n) is 4.42. The summed E-state index contributed by atoms with van der Waals surface area (Å²) in [4.78, 5) is 20.2. The highest BCUT2D eigenvalue weighted by atomic mass is 32.1. The minimum atomic E-state index is -0.925. The van der Waals surface area contributed by atoms with E-state index in [1.807, 2.05) is 5.38 Å². The number of hydrogen-bond donors (Lipinski definition) is 1. The Labute approximate surface area is 123 Å². The van der Waals surface area contributed by atoms with Crippen molar-refractivity contribution in [2.24, 2.45) is 0 Å². The van der Waals surface area contributed by atoms with E-state index in [9.17, 15) is 4.79 Å². The molecule has 1 aromatic rings. The molecule has 2 fully saturated rings. The highest BCUT2D eigenvalue weighted by molar-refractivity contribution is 7.11. The maximum atomic E-state index is 10.9. The third-order valence-corrected chi connectivity index (χ3v) is 5.30. The molecule has 3 rings (SSSR count). The summed E-state index contributed by atoms with van der Waals surface area (Å²) in [6, 6.07) is 1.19. The molecule has 3 heterocycles. The topological polar surface area (TPSA) is 56.7 Å². The molecule has 0 aromatic carbocycles. The van der Waals surface area contributed by atoms with Crippen LogP contribution in [0.25, 0.3) is 0 Å². The summed E-state index contributed by atoms with van der Waals surface area (Å²) in [5.74, 6) is -0.925. The van der Waals surface area contributed by atoms with Crippen LogP contribution >= 0.6 is 11.3 Å². The van der Waals surface area contributed by atoms with Crippen molar-refractivity contribution >= 4 is 17.3 Å². The fourth-order valence-electron chi connectivity index (χ4n) is 3.32. The van der Waals surface area contributed by atoms with Crippen molar-refractivity contribution in [3.63, 3.8) is 0 Å². The number of piperidine rings is 1. The van der Waals surface area contributed by atoms with Gasteiger partial charge in [0.1, 0.15) is 0 Å². The summed E-state index contributed by atoms with van der Waals surface area (Å²) in [5, 5.41) is 11.0. The monoisotopic (exact) mass is 295 g/mol. The molecule has 1 N–H and O–H groups in total. The first kappa shape index (κ1) is 14.0. The Bertz CT molecular complexity index is 491. The first-order valence-corrected chi connectivity index (χ1v) is 8.17. The minimum Gasteiger partial charge on any atom is -0.476 e. The predicted molar refractivity (Wildman–Crippen MR) is 78.2 cm³/mol. The van der Waals surface area contributed by atoms with Gasteiger partial charge in [0.2, 0.25) is 5.01 Å². The van der Waals surface area contributed by atoms with Gasteiger partial charge in [0.25, 0.3) is 0 Å². The lowest BCUT2D eigenvalue weighted by Gasteiger charge is -2.47. The molecule has 1 aromatic heterocycles. The second kappa shape index (κ2) is 5.79. The molecule has 2 unspecified atom stereocenters. The van der Waals surface area contributed by atoms with Crippen LogP contribution in [0.1, 0.15) is 41.7 Å². The van der Waals surface area contributed by atoms with Crippen LogP contribution in [0, 0.1) is 0 Å². The fourth-order valence-corrected chi connectivity index (χ4v) is 3.96. The van der Waals surface area contributed by atoms with Crippen LogP contribution < -0.4 is 0 Å². The second-order valence-corrected chi connectivity index (χ2v) is 6.73. The molecule has 0 radical (unpaired) electrons. The van der Waals surface area contributed by atoms with Crippen LogP contribution in [-0.4, -0.2) is 57.6 Å². The van der Waals surface area contributed by atoms with E-state index < -0.39 is 5.97 Å². The zero-order chi connectivity index (χ0) is 14.1. The summed E-state index contributed by atoms with van der Waals surface area (Å²) in [6.07, 6.45) is 3.96. The molecule has 2 atom stereocenters. The Hall–Kier alpha value is -0.980. The molecule has 0 saturated carbocycles. The Morgan fingerprint density at radius 2 is 2.35 bits per heavy atom. The van der Waals surface area contributed by atoms with Crippen LogP contribution in [0.5, 0.6) is 0 Å². The number of aromatic nitrogens is 1. The molecular formula is C14H21N3O2S. The van der Waals surface area contributed by atoms with Crippen molar-refractivity contribution < 1.29 is 9.90 Å². The fraction of sp³-hybridized carbons (Fsp3) is 0.714. The maximum Gasteiger partial charge on any atom is 0.365 e. The van der Waals surface area contributed by atoms with Gasteiger partial charge in [-0.2, -0.15) is 0 Å². The average molecular weight is 295 g/mol. The number of carbonyl (C=O) groups is 1. The molecule has 0 aliphatic carbocycles. The van der Waals surface area contributed by atoms with Gasteiger partial charge in [0, 0.05) is 37.1 Å². The van der Waals surface area contributed by atoms with Crippen molar-refractivity contribution in [2.45, 2.75) is 44.8 Å². The number of carboxylic acids is 1. The summed E-state index contributed by atoms with van der Waals surface area (Å²) in [7, 11) is 0. The van der Waals surface area contributed by atoms with Gasteiger partial charge in [-0.1, -0.05) is 6.42 Å². The molecule has 2 aliphatic heterocycles. The van der Waals surface area contributed by atoms with Gasteiger partial charge in [-0.05, 0) is 26.3 Å². The van der Waals surface area contributed by atoms with Gasteiger partial charge in [-0.25, -0.2) is 9.78 Å². The molecule has 110 valence electrons. The predicted octanol–water partition coefficient (Wildman–Crippen LogP) is 1.90. The van der Waals surface area contributed by atoms with Crippen LogP contribution in [-0.2, 0) is 6.54 Å². The average Bonchev–Trinajstić information content (AvgIpc) is 2.88. The number of aromatic carboxylic acids is 1. The van der Waals surface area contributed by atoms with Crippen LogP contribution in [0.3, 0.4) is 0 Å². The van der Waals surface area contributed by atoms with Gasteiger partial charge in [0.15, 0.2) is 0 Å². The van der Waals surface area contributed by atoms with Gasteiger partial charge in [-0.15, -0.1) is 11.3 Å². The molecule has 2 saturated heterocycles. The lowest BCUT2D eigenvalue weighted by molar-refractivity contribution is 0.0105. The van der Waals surface area contributed by atoms with Gasteiger partial charge in [0.05, 0.1) is 5.69 Å². The van der Waals surface area contributed by atoms with Gasteiger partial charge >= 0.3 is 5.97 Å². The Morgan fingerprint density at radius 3 is 3.10 bits per heavy atom. The molecule has 0 spiro atoms. The number of thiazole rings is 1. The number of fused-ring (bicyclic) bond motifs is 1. The number of rotatable bonds is 3. The molecule has 2 aliphatic rings. The lowest BCUT2D eigenvalue weighted by atomic mass is 9.97. The number of piperazine rings is 1. The number of carboxylic acid groups (broad SMARTS) is 1. The van der Waals surface area contributed by atoms with Gasteiger partial charge < -0.3 is 5.11 Å². The Morgan fingerprint density at radius 1 is 1.50 bits per heavy atom. The van der Waals surface area contributed by atoms with Crippen molar-refractivity contribution in [2.75, 3.05) is 19.6 Å². The van der Waals surface area contributed by atoms with Crippen LogP contribution in [0.15, 0.2) is 5.38 Å². The van der Waals surface area contributed by atoms with E-state index in [-0.39, 0.29) is 5.01 Å². The Kier molecular flexibility index (Phi) is 4.05. The Balaban J connectivity index is 1.65. The smallest absolute Gasteiger partial charge is 0.365 e. The zero-order valence-corrected chi connectivity index (χ0v) is 12.6. The van der Waals surface area contributed by atoms with E-state index in [2.05, 4.69) is 21.7 Å². The van der Waals surface area contributed by atoms with Crippen molar-refractivity contribution in [1.82, 2.24) is 14.8 Å². The van der Waals surface area contributed by atoms with Crippen LogP contribution in [0.2, 0.25) is 0 Å². The van der Waals surface area contributed by atoms with E-state index in [1.54, 1.807) is 0 Å². The molecule has 0 amide bonds.